The average molecular weight is 530 g/mol. The van der Waals surface area contributed by atoms with Crippen LogP contribution in [0, 0.1) is 17.7 Å². The molecule has 1 aromatic heterocycles. The number of aryl methyl sites for hydroxylation is 1. The summed E-state index contributed by atoms with van der Waals surface area (Å²) >= 11 is 11.9. The summed E-state index contributed by atoms with van der Waals surface area (Å²) in [6.07, 6.45) is 1.53. The van der Waals surface area contributed by atoms with Crippen molar-refractivity contribution in [3.8, 4) is 0 Å². The van der Waals surface area contributed by atoms with Gasteiger partial charge in [-0.2, -0.15) is 0 Å². The second kappa shape index (κ2) is 10.8. The first kappa shape index (κ1) is 27.3. The number of benzene rings is 2. The Morgan fingerprint density at radius 1 is 1.22 bits per heavy atom. The van der Waals surface area contributed by atoms with E-state index in [0.717, 1.165) is 16.8 Å². The third kappa shape index (κ3) is 6.47. The fourth-order valence-corrected chi connectivity index (χ4v) is 4.06. The van der Waals surface area contributed by atoms with Gasteiger partial charge in [0.15, 0.2) is 5.11 Å². The number of carbonyl (C=O) groups excluding carboxylic acids is 1. The lowest BCUT2D eigenvalue weighted by Gasteiger charge is -2.33. The van der Waals surface area contributed by atoms with Crippen LogP contribution in [0.4, 0.5) is 11.4 Å². The first-order valence-electron chi connectivity index (χ1n) is 11.4. The van der Waals surface area contributed by atoms with Crippen LogP contribution in [0.15, 0.2) is 53.1 Å². The summed E-state index contributed by atoms with van der Waals surface area (Å²) in [5, 5.41) is 15.3. The molecule has 192 valence electrons. The molecule has 8 nitrogen and oxygen atoms in total. The van der Waals surface area contributed by atoms with Crippen LogP contribution >= 0.6 is 23.8 Å². The number of anilines is 2. The van der Waals surface area contributed by atoms with Crippen LogP contribution in [0.2, 0.25) is 5.02 Å². The van der Waals surface area contributed by atoms with E-state index >= 15 is 0 Å². The number of oxazole rings is 1. The molecule has 0 bridgehead atoms. The van der Waals surface area contributed by atoms with E-state index < -0.39 is 11.0 Å². The van der Waals surface area contributed by atoms with Crippen LogP contribution in [0.25, 0.3) is 0 Å². The molecule has 0 saturated carbocycles. The zero-order valence-electron chi connectivity index (χ0n) is 21.1. The van der Waals surface area contributed by atoms with Crippen LogP contribution in [-0.4, -0.2) is 22.3 Å². The molecule has 3 rings (SSSR count). The van der Waals surface area contributed by atoms with Gasteiger partial charge in [0.1, 0.15) is 12.9 Å². The van der Waals surface area contributed by atoms with Gasteiger partial charge in [-0.25, -0.2) is 0 Å². The van der Waals surface area contributed by atoms with Crippen LogP contribution in [-0.2, 0) is 21.6 Å². The van der Waals surface area contributed by atoms with Crippen molar-refractivity contribution in [1.82, 2.24) is 9.88 Å². The predicted octanol–water partition coefficient (Wildman–Crippen LogP) is 4.94. The maximum absolute atomic E-state index is 12.5. The molecular weight excluding hydrogens is 498 g/mol. The van der Waals surface area contributed by atoms with Gasteiger partial charge in [-0.15, -0.1) is 0 Å². The quantitative estimate of drug-likeness (QED) is 0.194. The van der Waals surface area contributed by atoms with E-state index in [2.05, 4.69) is 10.6 Å². The van der Waals surface area contributed by atoms with E-state index in [9.17, 15) is 4.79 Å². The molecule has 0 spiro atoms. The number of para-hydroxylation sites is 1. The number of thiocarbonyl (C=S) groups is 1. The molecule has 1 heterocycles. The van der Waals surface area contributed by atoms with Gasteiger partial charge in [-0.05, 0) is 76.2 Å². The number of nitrogen functional groups attached to an aromatic ring is 1. The minimum Gasteiger partial charge on any atom is -0.462 e. The summed E-state index contributed by atoms with van der Waals surface area (Å²) in [5.74, 6) is -0.329. The second-order valence-electron chi connectivity index (χ2n) is 9.90. The van der Waals surface area contributed by atoms with Crippen LogP contribution in [0.1, 0.15) is 44.5 Å². The summed E-state index contributed by atoms with van der Waals surface area (Å²) in [7, 11) is 0. The maximum Gasteiger partial charge on any atom is 0.311 e. The van der Waals surface area contributed by atoms with Crippen molar-refractivity contribution in [3.05, 3.63) is 76.3 Å². The molecule has 0 saturated heterocycles. The van der Waals surface area contributed by atoms with Crippen LogP contribution in [0.5, 0.6) is 0 Å². The fraction of sp³-hybridized carbons (Fsp3) is 0.346. The molecule has 1 unspecified atom stereocenters. The first-order valence-corrected chi connectivity index (χ1v) is 12.2. The summed E-state index contributed by atoms with van der Waals surface area (Å²) in [4.78, 5) is 12.5. The second-order valence-corrected chi connectivity index (χ2v) is 10.7. The van der Waals surface area contributed by atoms with Crippen LogP contribution < -0.4 is 22.1 Å². The molecule has 10 heteroatoms. The third-order valence-electron chi connectivity index (χ3n) is 5.72. The van der Waals surface area contributed by atoms with Gasteiger partial charge in [-0.1, -0.05) is 35.9 Å². The Morgan fingerprint density at radius 2 is 1.92 bits per heavy atom. The number of nitrogens with one attached hydrogen (secondary N) is 3. The Hall–Kier alpha value is -3.30. The van der Waals surface area contributed by atoms with E-state index in [1.807, 2.05) is 38.1 Å². The zero-order chi connectivity index (χ0) is 26.7. The molecule has 0 radical (unpaired) electrons. The van der Waals surface area contributed by atoms with Crippen LogP contribution in [0.3, 0.4) is 0 Å². The third-order valence-corrected chi connectivity index (χ3v) is 6.16. The number of rotatable bonds is 7. The SMILES string of the molecule is Cc1coc(=N)n1Cc1cccc(N)c1NC(=S)NC(C)(COC(=O)C(C)(C)C)c1cccc(Cl)c1. The largest absolute Gasteiger partial charge is 0.462 e. The van der Waals surface area contributed by atoms with Gasteiger partial charge < -0.3 is 25.5 Å². The Balaban J connectivity index is 1.88. The maximum atomic E-state index is 12.5. The van der Waals surface area contributed by atoms with Gasteiger partial charge in [0.25, 0.3) is 5.68 Å². The molecule has 0 aliphatic heterocycles. The van der Waals surface area contributed by atoms with E-state index in [-0.39, 0.29) is 23.4 Å². The van der Waals surface area contributed by atoms with Crippen molar-refractivity contribution in [2.75, 3.05) is 17.7 Å². The van der Waals surface area contributed by atoms with Crippen molar-refractivity contribution in [1.29, 1.82) is 5.41 Å². The van der Waals surface area contributed by atoms with Gasteiger partial charge in [0.05, 0.1) is 34.6 Å². The van der Waals surface area contributed by atoms with E-state index in [0.29, 0.717) is 22.9 Å². The normalized spacial score (nSPS) is 13.1. The number of hydrogen-bond acceptors (Lipinski definition) is 6. The van der Waals surface area contributed by atoms with Gasteiger partial charge >= 0.3 is 5.97 Å². The topological polar surface area (TPSA) is 118 Å². The van der Waals surface area contributed by atoms with Gasteiger partial charge in [0.2, 0.25) is 0 Å². The number of esters is 1. The summed E-state index contributed by atoms with van der Waals surface area (Å²) in [5.41, 5.74) is 8.34. The number of halogens is 1. The predicted molar refractivity (Wildman–Crippen MR) is 146 cm³/mol. The monoisotopic (exact) mass is 529 g/mol. The molecule has 0 aliphatic rings. The van der Waals surface area contributed by atoms with Gasteiger partial charge in [0, 0.05) is 5.02 Å². The first-order chi connectivity index (χ1) is 16.8. The summed E-state index contributed by atoms with van der Waals surface area (Å²) in [6.45, 7) is 9.53. The molecule has 3 aromatic rings. The van der Waals surface area contributed by atoms with E-state index in [1.165, 1.54) is 6.26 Å². The highest BCUT2D eigenvalue weighted by atomic mass is 35.5. The number of ether oxygens (including phenoxy) is 1. The minimum absolute atomic E-state index is 0.0225. The number of nitrogens with zero attached hydrogens (tertiary/aromatic N) is 1. The lowest BCUT2D eigenvalue weighted by molar-refractivity contribution is -0.155. The van der Waals surface area contributed by atoms with Gasteiger partial charge in [-0.3, -0.25) is 14.8 Å². The van der Waals surface area contributed by atoms with Crippen molar-refractivity contribution >= 4 is 46.3 Å². The summed E-state index contributed by atoms with van der Waals surface area (Å²) < 4.78 is 12.6. The fourth-order valence-electron chi connectivity index (χ4n) is 3.54. The lowest BCUT2D eigenvalue weighted by Crippen LogP contribution is -2.49. The molecule has 1 atom stereocenters. The van der Waals surface area contributed by atoms with Crippen molar-refractivity contribution in [3.63, 3.8) is 0 Å². The number of carbonyl (C=O) groups is 1. The molecule has 2 aromatic carbocycles. The molecule has 0 amide bonds. The Labute approximate surface area is 221 Å². The highest BCUT2D eigenvalue weighted by molar-refractivity contribution is 7.80. The molecule has 36 heavy (non-hydrogen) atoms. The Kier molecular flexibility index (Phi) is 8.15. The average Bonchev–Trinajstić information content (AvgIpc) is 3.11. The minimum atomic E-state index is -0.885. The van der Waals surface area contributed by atoms with E-state index in [1.54, 1.807) is 43.5 Å². The smallest absolute Gasteiger partial charge is 0.311 e. The number of hydrogen-bond donors (Lipinski definition) is 4. The standard InChI is InChI=1S/C26H32ClN5O3S/c1-16-14-34-23(29)32(16)13-17-8-6-11-20(28)21(17)30-24(36)31-26(5,15-35-22(33)25(2,3)4)18-9-7-10-19(27)12-18/h6-12,14,29H,13,15,28H2,1-5H3,(H2,30,31,36). The molecule has 0 aliphatic carbocycles. The van der Waals surface area contributed by atoms with Crippen molar-refractivity contribution in [2.45, 2.75) is 46.7 Å². The highest BCUT2D eigenvalue weighted by Gasteiger charge is 2.32. The Bertz CT molecular complexity index is 1330. The lowest BCUT2D eigenvalue weighted by atomic mass is 9.92. The zero-order valence-corrected chi connectivity index (χ0v) is 22.6. The molecular formula is C26H32ClN5O3S. The Morgan fingerprint density at radius 3 is 2.53 bits per heavy atom. The number of nitrogens with two attached hydrogens (primary N) is 1. The molecule has 5 N–H and O–H groups in total. The molecule has 0 fully saturated rings. The highest BCUT2D eigenvalue weighted by Crippen LogP contribution is 2.28. The van der Waals surface area contributed by atoms with Crippen molar-refractivity contribution in [2.24, 2.45) is 5.41 Å². The van der Waals surface area contributed by atoms with Crippen molar-refractivity contribution < 1.29 is 13.9 Å². The van der Waals surface area contributed by atoms with E-state index in [4.69, 9.17) is 44.1 Å². The summed E-state index contributed by atoms with van der Waals surface area (Å²) in [6, 6.07) is 12.8. The number of aromatic nitrogens is 1.